The van der Waals surface area contributed by atoms with E-state index in [0.29, 0.717) is 5.41 Å². The van der Waals surface area contributed by atoms with Gasteiger partial charge in [0.15, 0.2) is 5.96 Å². The monoisotopic (exact) mass is 326 g/mol. The summed E-state index contributed by atoms with van der Waals surface area (Å²) in [5.41, 5.74) is 2.04. The Balaban J connectivity index is 1.25. The molecule has 130 valence electrons. The Labute approximate surface area is 145 Å². The number of rotatable bonds is 5. The molecule has 0 radical (unpaired) electrons. The van der Waals surface area contributed by atoms with Crippen LogP contribution in [0, 0.1) is 11.3 Å². The first-order valence-electron chi connectivity index (χ1n) is 9.51. The number of guanidine groups is 1. The van der Waals surface area contributed by atoms with E-state index in [1.807, 2.05) is 7.05 Å². The second-order valence-corrected chi connectivity index (χ2v) is 7.79. The topological polar surface area (TPSA) is 30.9 Å². The van der Waals surface area contributed by atoms with Gasteiger partial charge in [0.25, 0.3) is 0 Å². The van der Waals surface area contributed by atoms with Crippen molar-refractivity contribution in [1.82, 2.24) is 15.1 Å². The molecule has 2 saturated carbocycles. The molecule has 0 atom stereocenters. The fourth-order valence-corrected chi connectivity index (χ4v) is 4.13. The van der Waals surface area contributed by atoms with Crippen molar-refractivity contribution in [3.63, 3.8) is 0 Å². The molecule has 4 heteroatoms. The molecule has 3 aliphatic rings. The molecular weight excluding hydrogens is 296 g/mol. The van der Waals surface area contributed by atoms with Crippen molar-refractivity contribution in [2.24, 2.45) is 16.3 Å². The molecule has 1 N–H and O–H groups in total. The molecule has 1 saturated heterocycles. The molecule has 2 aliphatic carbocycles. The molecule has 0 bridgehead atoms. The highest BCUT2D eigenvalue weighted by atomic mass is 15.3. The lowest BCUT2D eigenvalue weighted by Gasteiger charge is -2.37. The molecule has 1 heterocycles. The molecule has 0 aromatic heterocycles. The van der Waals surface area contributed by atoms with Gasteiger partial charge in [-0.2, -0.15) is 0 Å². The van der Waals surface area contributed by atoms with Crippen molar-refractivity contribution in [1.29, 1.82) is 0 Å². The zero-order valence-corrected chi connectivity index (χ0v) is 14.9. The number of benzene rings is 1. The van der Waals surface area contributed by atoms with Gasteiger partial charge >= 0.3 is 0 Å². The van der Waals surface area contributed by atoms with E-state index in [1.165, 1.54) is 31.2 Å². The second-order valence-electron chi connectivity index (χ2n) is 7.79. The first kappa shape index (κ1) is 15.9. The number of nitrogens with one attached hydrogen (secondary N) is 1. The molecular formula is C20H30N4. The van der Waals surface area contributed by atoms with Crippen molar-refractivity contribution < 1.29 is 0 Å². The van der Waals surface area contributed by atoms with Gasteiger partial charge in [-0.05, 0) is 42.6 Å². The third kappa shape index (κ3) is 3.59. The van der Waals surface area contributed by atoms with E-state index >= 15 is 0 Å². The summed E-state index contributed by atoms with van der Waals surface area (Å²) in [5.74, 6) is 2.12. The van der Waals surface area contributed by atoms with Crippen LogP contribution in [-0.2, 0) is 6.54 Å². The average molecular weight is 326 g/mol. The van der Waals surface area contributed by atoms with Crippen molar-refractivity contribution in [3.8, 4) is 0 Å². The van der Waals surface area contributed by atoms with Gasteiger partial charge in [-0.25, -0.2) is 0 Å². The fraction of sp³-hybridized carbons (Fsp3) is 0.650. The second kappa shape index (κ2) is 6.75. The van der Waals surface area contributed by atoms with Crippen LogP contribution >= 0.6 is 0 Å². The Morgan fingerprint density at radius 1 is 1.12 bits per heavy atom. The maximum absolute atomic E-state index is 4.54. The lowest BCUT2D eigenvalue weighted by atomic mass is 10.0. The summed E-state index contributed by atoms with van der Waals surface area (Å²) in [7, 11) is 1.93. The van der Waals surface area contributed by atoms with Crippen LogP contribution in [0.1, 0.15) is 31.2 Å². The number of hydrogen-bond donors (Lipinski definition) is 1. The third-order valence-corrected chi connectivity index (χ3v) is 6.07. The number of aliphatic imine (C=N–C) groups is 1. The average Bonchev–Trinajstić information content (AvgIpc) is 3.51. The summed E-state index contributed by atoms with van der Waals surface area (Å²) >= 11 is 0. The maximum Gasteiger partial charge on any atom is 0.193 e. The van der Waals surface area contributed by atoms with Gasteiger partial charge in [0.1, 0.15) is 0 Å². The minimum absolute atomic E-state index is 0.630. The molecule has 4 rings (SSSR count). The molecule has 0 unspecified atom stereocenters. The van der Waals surface area contributed by atoms with Crippen LogP contribution in [0.15, 0.2) is 35.3 Å². The molecule has 4 nitrogen and oxygen atoms in total. The molecule has 1 aromatic rings. The summed E-state index contributed by atoms with van der Waals surface area (Å²) in [6, 6.07) is 10.8. The van der Waals surface area contributed by atoms with Crippen LogP contribution < -0.4 is 5.32 Å². The smallest absolute Gasteiger partial charge is 0.193 e. The Kier molecular flexibility index (Phi) is 4.49. The van der Waals surface area contributed by atoms with Gasteiger partial charge in [0.05, 0.1) is 0 Å². The molecule has 0 amide bonds. The normalized spacial score (nSPS) is 24.0. The van der Waals surface area contributed by atoms with Crippen molar-refractivity contribution >= 4 is 5.96 Å². The van der Waals surface area contributed by atoms with Gasteiger partial charge in [-0.15, -0.1) is 0 Å². The minimum Gasteiger partial charge on any atom is -0.356 e. The summed E-state index contributed by atoms with van der Waals surface area (Å²) in [6.07, 6.45) is 5.76. The van der Waals surface area contributed by atoms with Gasteiger partial charge in [-0.1, -0.05) is 30.3 Å². The summed E-state index contributed by atoms with van der Waals surface area (Å²) in [6.45, 7) is 6.57. The number of piperazine rings is 1. The lowest BCUT2D eigenvalue weighted by molar-refractivity contribution is 0.172. The molecule has 0 spiro atoms. The standard InChI is InChI=1S/C20H30N4/c1-21-19(22-16-20(9-10-20)18-7-8-18)24-13-11-23(12-14-24)15-17-5-3-2-4-6-17/h2-6,18H,7-16H2,1H3,(H,21,22). The van der Waals surface area contributed by atoms with Crippen LogP contribution in [0.5, 0.6) is 0 Å². The van der Waals surface area contributed by atoms with Crippen LogP contribution in [0.3, 0.4) is 0 Å². The molecule has 3 fully saturated rings. The summed E-state index contributed by atoms with van der Waals surface area (Å²) in [5, 5.41) is 3.69. The SMILES string of the molecule is CN=C(NCC1(C2CC2)CC1)N1CCN(Cc2ccccc2)CC1. The van der Waals surface area contributed by atoms with Crippen LogP contribution in [0.25, 0.3) is 0 Å². The van der Waals surface area contributed by atoms with E-state index in [4.69, 9.17) is 0 Å². The maximum atomic E-state index is 4.54. The van der Waals surface area contributed by atoms with Gasteiger partial charge in [0, 0.05) is 46.3 Å². The van der Waals surface area contributed by atoms with Gasteiger partial charge < -0.3 is 10.2 Å². The van der Waals surface area contributed by atoms with E-state index in [-0.39, 0.29) is 0 Å². The zero-order chi connectivity index (χ0) is 16.4. The number of hydrogen-bond acceptors (Lipinski definition) is 2. The highest BCUT2D eigenvalue weighted by Gasteiger charge is 2.53. The number of nitrogens with zero attached hydrogens (tertiary/aromatic N) is 3. The van der Waals surface area contributed by atoms with Crippen LogP contribution in [0.2, 0.25) is 0 Å². The Morgan fingerprint density at radius 3 is 2.42 bits per heavy atom. The quantitative estimate of drug-likeness (QED) is 0.666. The Bertz CT molecular complexity index is 567. The molecule has 1 aliphatic heterocycles. The highest BCUT2D eigenvalue weighted by Crippen LogP contribution is 2.60. The first-order chi connectivity index (χ1) is 11.8. The predicted octanol–water partition coefficient (Wildman–Crippen LogP) is 2.57. The summed E-state index contributed by atoms with van der Waals surface area (Å²) < 4.78 is 0. The lowest BCUT2D eigenvalue weighted by Crippen LogP contribution is -2.53. The van der Waals surface area contributed by atoms with Crippen molar-refractivity contribution in [3.05, 3.63) is 35.9 Å². The van der Waals surface area contributed by atoms with Gasteiger partial charge in [-0.3, -0.25) is 9.89 Å². The van der Waals surface area contributed by atoms with E-state index < -0.39 is 0 Å². The van der Waals surface area contributed by atoms with E-state index in [2.05, 4.69) is 50.4 Å². The van der Waals surface area contributed by atoms with Crippen molar-refractivity contribution in [2.45, 2.75) is 32.2 Å². The van der Waals surface area contributed by atoms with Gasteiger partial charge in [0.2, 0.25) is 0 Å². The Morgan fingerprint density at radius 2 is 1.83 bits per heavy atom. The van der Waals surface area contributed by atoms with E-state index in [0.717, 1.165) is 51.1 Å². The zero-order valence-electron chi connectivity index (χ0n) is 14.9. The third-order valence-electron chi connectivity index (χ3n) is 6.07. The predicted molar refractivity (Wildman–Crippen MR) is 99.0 cm³/mol. The minimum atomic E-state index is 0.630. The van der Waals surface area contributed by atoms with Crippen molar-refractivity contribution in [2.75, 3.05) is 39.8 Å². The fourth-order valence-electron chi connectivity index (χ4n) is 4.13. The van der Waals surface area contributed by atoms with Crippen LogP contribution in [0.4, 0.5) is 0 Å². The first-order valence-corrected chi connectivity index (χ1v) is 9.51. The molecule has 1 aromatic carbocycles. The Hall–Kier alpha value is -1.55. The largest absolute Gasteiger partial charge is 0.356 e. The highest BCUT2D eigenvalue weighted by molar-refractivity contribution is 5.80. The molecule has 24 heavy (non-hydrogen) atoms. The van der Waals surface area contributed by atoms with Crippen LogP contribution in [-0.4, -0.2) is 55.5 Å². The van der Waals surface area contributed by atoms with E-state index in [1.54, 1.807) is 0 Å². The van der Waals surface area contributed by atoms with E-state index in [9.17, 15) is 0 Å². The summed E-state index contributed by atoms with van der Waals surface area (Å²) in [4.78, 5) is 9.53.